The second kappa shape index (κ2) is 10.2. The van der Waals surface area contributed by atoms with Crippen molar-refractivity contribution in [1.82, 2.24) is 19.6 Å². The third-order valence-electron chi connectivity index (χ3n) is 7.15. The van der Waals surface area contributed by atoms with Gasteiger partial charge < -0.3 is 9.64 Å². The lowest BCUT2D eigenvalue weighted by atomic mass is 9.95. The molecule has 2 fully saturated rings. The molecule has 0 aliphatic carbocycles. The largest absolute Gasteiger partial charge is 0.373 e. The van der Waals surface area contributed by atoms with E-state index in [9.17, 15) is 4.79 Å². The molecular weight excluding hydrogens is 436 g/mol. The number of morpholine rings is 1. The van der Waals surface area contributed by atoms with E-state index in [0.717, 1.165) is 78.8 Å². The summed E-state index contributed by atoms with van der Waals surface area (Å²) in [5.74, 6) is 0.860. The van der Waals surface area contributed by atoms with Crippen LogP contribution in [0.15, 0.2) is 18.2 Å². The van der Waals surface area contributed by atoms with E-state index < -0.39 is 0 Å². The molecule has 33 heavy (non-hydrogen) atoms. The van der Waals surface area contributed by atoms with Gasteiger partial charge in [0.2, 0.25) is 5.91 Å². The number of amides is 1. The van der Waals surface area contributed by atoms with Gasteiger partial charge in [0.15, 0.2) is 0 Å². The summed E-state index contributed by atoms with van der Waals surface area (Å²) >= 11 is 6.32. The summed E-state index contributed by atoms with van der Waals surface area (Å²) < 4.78 is 7.77. The summed E-state index contributed by atoms with van der Waals surface area (Å²) in [6.07, 6.45) is 3.16. The van der Waals surface area contributed by atoms with E-state index in [1.807, 2.05) is 48.6 Å². The fourth-order valence-corrected chi connectivity index (χ4v) is 5.50. The molecule has 6 nitrogen and oxygen atoms in total. The Labute approximate surface area is 202 Å². The van der Waals surface area contributed by atoms with Gasteiger partial charge >= 0.3 is 0 Å². The number of hydrogen-bond donors (Lipinski definition) is 0. The second-order valence-electron chi connectivity index (χ2n) is 9.97. The van der Waals surface area contributed by atoms with Crippen molar-refractivity contribution < 1.29 is 9.53 Å². The van der Waals surface area contributed by atoms with E-state index in [0.29, 0.717) is 24.5 Å². The zero-order valence-corrected chi connectivity index (χ0v) is 21.4. The molecule has 0 saturated carbocycles. The first-order valence-electron chi connectivity index (χ1n) is 12.2. The number of piperidine rings is 1. The molecule has 2 atom stereocenters. The third kappa shape index (κ3) is 5.61. The summed E-state index contributed by atoms with van der Waals surface area (Å²) in [4.78, 5) is 17.7. The molecule has 1 aromatic carbocycles. The van der Waals surface area contributed by atoms with Gasteiger partial charge in [0.05, 0.1) is 30.0 Å². The number of hydrogen-bond acceptors (Lipinski definition) is 4. The maximum absolute atomic E-state index is 13.1. The topological polar surface area (TPSA) is 50.6 Å². The SMILES string of the molecule is Cc1ccc(-n2nc(C)c(CC(=O)N3CCC(CN4CC(C)OC(C)C4)CC3)c2C)cc1Cl. The summed E-state index contributed by atoms with van der Waals surface area (Å²) in [5.41, 5.74) is 4.90. The minimum atomic E-state index is 0.203. The Morgan fingerprint density at radius 3 is 2.42 bits per heavy atom. The number of aryl methyl sites for hydroxylation is 2. The zero-order chi connectivity index (χ0) is 23.7. The molecular formula is C26H37ClN4O2. The smallest absolute Gasteiger partial charge is 0.227 e. The van der Waals surface area contributed by atoms with Crippen LogP contribution in [0.5, 0.6) is 0 Å². The fraction of sp³-hybridized carbons (Fsp3) is 0.615. The van der Waals surface area contributed by atoms with Crippen molar-refractivity contribution in [3.8, 4) is 5.69 Å². The highest BCUT2D eigenvalue weighted by molar-refractivity contribution is 6.31. The van der Waals surface area contributed by atoms with E-state index in [-0.39, 0.29) is 5.91 Å². The molecule has 1 aromatic heterocycles. The fourth-order valence-electron chi connectivity index (χ4n) is 5.32. The molecule has 0 bridgehead atoms. The number of likely N-dealkylation sites (tertiary alicyclic amines) is 1. The maximum Gasteiger partial charge on any atom is 0.227 e. The lowest BCUT2D eigenvalue weighted by Gasteiger charge is -2.39. The molecule has 2 aromatic rings. The first-order chi connectivity index (χ1) is 15.7. The number of carbonyl (C=O) groups excluding carboxylic acids is 1. The molecule has 4 rings (SSSR count). The molecule has 2 unspecified atom stereocenters. The second-order valence-corrected chi connectivity index (χ2v) is 10.4. The Bertz CT molecular complexity index is 986. The molecule has 3 heterocycles. The zero-order valence-electron chi connectivity index (χ0n) is 20.6. The van der Waals surface area contributed by atoms with Crippen molar-refractivity contribution in [2.24, 2.45) is 5.92 Å². The van der Waals surface area contributed by atoms with E-state index in [4.69, 9.17) is 21.4 Å². The van der Waals surface area contributed by atoms with Crippen LogP contribution in [0, 0.1) is 26.7 Å². The number of aromatic nitrogens is 2. The van der Waals surface area contributed by atoms with E-state index in [1.54, 1.807) is 0 Å². The van der Waals surface area contributed by atoms with E-state index in [1.165, 1.54) is 0 Å². The number of nitrogens with zero attached hydrogens (tertiary/aromatic N) is 4. The van der Waals surface area contributed by atoms with Crippen LogP contribution in [0.3, 0.4) is 0 Å². The van der Waals surface area contributed by atoms with Crippen LogP contribution < -0.4 is 0 Å². The van der Waals surface area contributed by atoms with E-state index >= 15 is 0 Å². The Morgan fingerprint density at radius 1 is 1.12 bits per heavy atom. The Hall–Kier alpha value is -1.89. The number of halogens is 1. The Kier molecular flexibility index (Phi) is 7.46. The van der Waals surface area contributed by atoms with Gasteiger partial charge in [0.25, 0.3) is 0 Å². The minimum Gasteiger partial charge on any atom is -0.373 e. The van der Waals surface area contributed by atoms with Gasteiger partial charge in [-0.25, -0.2) is 4.68 Å². The van der Waals surface area contributed by atoms with Crippen molar-refractivity contribution in [3.63, 3.8) is 0 Å². The lowest BCUT2D eigenvalue weighted by Crippen LogP contribution is -2.48. The van der Waals surface area contributed by atoms with Crippen LogP contribution >= 0.6 is 11.6 Å². The normalized spacial score (nSPS) is 22.7. The van der Waals surface area contributed by atoms with Gasteiger partial charge in [0.1, 0.15) is 0 Å². The summed E-state index contributed by atoms with van der Waals surface area (Å²) in [6, 6.07) is 5.96. The predicted molar refractivity (Wildman–Crippen MR) is 132 cm³/mol. The van der Waals surface area contributed by atoms with Gasteiger partial charge in [-0.1, -0.05) is 17.7 Å². The first kappa shape index (κ1) is 24.2. The molecule has 0 N–H and O–H groups in total. The summed E-state index contributed by atoms with van der Waals surface area (Å²) in [5, 5.41) is 5.43. The number of benzene rings is 1. The highest BCUT2D eigenvalue weighted by Gasteiger charge is 2.28. The van der Waals surface area contributed by atoms with Crippen LogP contribution in [-0.4, -0.2) is 70.4 Å². The number of ether oxygens (including phenoxy) is 1. The van der Waals surface area contributed by atoms with Crippen LogP contribution in [0.2, 0.25) is 5.02 Å². The van der Waals surface area contributed by atoms with Crippen molar-refractivity contribution in [1.29, 1.82) is 0 Å². The lowest BCUT2D eigenvalue weighted by molar-refractivity contribution is -0.132. The Balaban J connectivity index is 1.35. The van der Waals surface area contributed by atoms with Gasteiger partial charge in [-0.15, -0.1) is 0 Å². The van der Waals surface area contributed by atoms with Gasteiger partial charge in [-0.2, -0.15) is 5.10 Å². The van der Waals surface area contributed by atoms with Crippen LogP contribution in [0.4, 0.5) is 0 Å². The standard InChI is InChI=1S/C26H37ClN4O2/c1-17-6-7-23(12-25(17)27)31-21(5)24(20(4)28-31)13-26(32)30-10-8-22(9-11-30)16-29-14-18(2)33-19(3)15-29/h6-7,12,18-19,22H,8-11,13-16H2,1-5H3. The Morgan fingerprint density at radius 2 is 1.79 bits per heavy atom. The van der Waals surface area contributed by atoms with Crippen molar-refractivity contribution in [2.45, 2.75) is 66.1 Å². The van der Waals surface area contributed by atoms with Gasteiger partial charge in [-0.05, 0) is 71.1 Å². The molecule has 2 saturated heterocycles. The van der Waals surface area contributed by atoms with Crippen LogP contribution in [-0.2, 0) is 16.0 Å². The maximum atomic E-state index is 13.1. The first-order valence-corrected chi connectivity index (χ1v) is 12.6. The van der Waals surface area contributed by atoms with Gasteiger partial charge in [0, 0.05) is 49.0 Å². The minimum absolute atomic E-state index is 0.203. The number of rotatable bonds is 5. The summed E-state index contributed by atoms with van der Waals surface area (Å²) in [7, 11) is 0. The highest BCUT2D eigenvalue weighted by atomic mass is 35.5. The molecule has 180 valence electrons. The van der Waals surface area contributed by atoms with Crippen molar-refractivity contribution >= 4 is 17.5 Å². The van der Waals surface area contributed by atoms with E-state index in [2.05, 4.69) is 18.7 Å². The summed E-state index contributed by atoms with van der Waals surface area (Å²) in [6.45, 7) is 15.2. The molecule has 2 aliphatic rings. The quantitative estimate of drug-likeness (QED) is 0.649. The molecule has 1 amide bonds. The number of carbonyl (C=O) groups is 1. The van der Waals surface area contributed by atoms with Crippen molar-refractivity contribution in [3.05, 3.63) is 45.7 Å². The molecule has 2 aliphatic heterocycles. The molecule has 7 heteroatoms. The molecule has 0 radical (unpaired) electrons. The van der Waals surface area contributed by atoms with Gasteiger partial charge in [-0.3, -0.25) is 9.69 Å². The predicted octanol–water partition coefficient (Wildman–Crippen LogP) is 4.34. The average molecular weight is 473 g/mol. The average Bonchev–Trinajstić information content (AvgIpc) is 3.03. The van der Waals surface area contributed by atoms with Crippen molar-refractivity contribution in [2.75, 3.05) is 32.7 Å². The van der Waals surface area contributed by atoms with Crippen LogP contribution in [0.25, 0.3) is 5.69 Å². The van der Waals surface area contributed by atoms with Crippen LogP contribution in [0.1, 0.15) is 49.2 Å². The highest BCUT2D eigenvalue weighted by Crippen LogP contribution is 2.25. The molecule has 0 spiro atoms. The third-order valence-corrected chi connectivity index (χ3v) is 7.56. The monoisotopic (exact) mass is 472 g/mol.